The van der Waals surface area contributed by atoms with Gasteiger partial charge in [0.15, 0.2) is 0 Å². The maximum atomic E-state index is 12.1. The van der Waals surface area contributed by atoms with Crippen LogP contribution in [-0.2, 0) is 6.54 Å². The van der Waals surface area contributed by atoms with E-state index in [4.69, 9.17) is 4.74 Å². The third-order valence-corrected chi connectivity index (χ3v) is 5.65. The van der Waals surface area contributed by atoms with Gasteiger partial charge in [-0.1, -0.05) is 6.07 Å². The van der Waals surface area contributed by atoms with Crippen LogP contribution in [0.2, 0.25) is 0 Å². The highest BCUT2D eigenvalue weighted by Gasteiger charge is 2.18. The summed E-state index contributed by atoms with van der Waals surface area (Å²) in [6.45, 7) is 6.88. The smallest absolute Gasteiger partial charge is 0.315 e. The molecule has 2 N–H and O–H groups in total. The summed E-state index contributed by atoms with van der Waals surface area (Å²) in [7, 11) is 2.18. The number of hydrogen-bond donors (Lipinski definition) is 2. The van der Waals surface area contributed by atoms with Gasteiger partial charge in [-0.15, -0.1) is 0 Å². The number of carbonyl (C=O) groups excluding carboxylic acids is 1. The summed E-state index contributed by atoms with van der Waals surface area (Å²) in [6.07, 6.45) is 8.77. The van der Waals surface area contributed by atoms with Gasteiger partial charge in [0.25, 0.3) is 0 Å². The fraction of sp³-hybridized carbons (Fsp3) is 0.714. The van der Waals surface area contributed by atoms with E-state index in [1.54, 1.807) is 6.20 Å². The van der Waals surface area contributed by atoms with Crippen molar-refractivity contribution < 1.29 is 9.53 Å². The molecule has 0 aromatic carbocycles. The van der Waals surface area contributed by atoms with Gasteiger partial charge in [0.05, 0.1) is 0 Å². The molecule has 1 aromatic heterocycles. The average molecular weight is 390 g/mol. The summed E-state index contributed by atoms with van der Waals surface area (Å²) in [4.78, 5) is 21.3. The Balaban J connectivity index is 1.29. The van der Waals surface area contributed by atoms with Crippen LogP contribution in [0.3, 0.4) is 0 Å². The van der Waals surface area contributed by atoms with Gasteiger partial charge in [0.2, 0.25) is 5.88 Å². The van der Waals surface area contributed by atoms with Crippen LogP contribution in [-0.4, -0.2) is 73.2 Å². The summed E-state index contributed by atoms with van der Waals surface area (Å²) >= 11 is 0. The lowest BCUT2D eigenvalue weighted by atomic mass is 10.2. The Morgan fingerprint density at radius 1 is 1.18 bits per heavy atom. The van der Waals surface area contributed by atoms with Crippen molar-refractivity contribution in [3.05, 3.63) is 23.9 Å². The molecule has 2 amide bonds. The third-order valence-electron chi connectivity index (χ3n) is 5.65. The zero-order valence-electron chi connectivity index (χ0n) is 17.2. The molecule has 1 aliphatic carbocycles. The van der Waals surface area contributed by atoms with E-state index < -0.39 is 0 Å². The van der Waals surface area contributed by atoms with Gasteiger partial charge in [0, 0.05) is 51.0 Å². The molecule has 2 heterocycles. The molecular formula is C21H35N5O2. The molecule has 0 unspecified atom stereocenters. The Hall–Kier alpha value is -1.86. The van der Waals surface area contributed by atoms with E-state index in [1.807, 2.05) is 12.1 Å². The quantitative estimate of drug-likeness (QED) is 0.634. The summed E-state index contributed by atoms with van der Waals surface area (Å²) in [5.74, 6) is 0.655. The van der Waals surface area contributed by atoms with Crippen molar-refractivity contribution in [1.29, 1.82) is 0 Å². The number of likely N-dealkylation sites (N-methyl/N-ethyl adjacent to an activating group) is 1. The molecule has 2 aliphatic rings. The lowest BCUT2D eigenvalue weighted by Gasteiger charge is -2.32. The molecule has 1 aromatic rings. The van der Waals surface area contributed by atoms with Crippen LogP contribution in [0.5, 0.6) is 5.88 Å². The number of ether oxygens (including phenoxy) is 1. The predicted octanol–water partition coefficient (Wildman–Crippen LogP) is 2.23. The molecule has 7 nitrogen and oxygen atoms in total. The molecule has 0 bridgehead atoms. The largest absolute Gasteiger partial charge is 0.474 e. The van der Waals surface area contributed by atoms with Gasteiger partial charge in [-0.2, -0.15) is 0 Å². The van der Waals surface area contributed by atoms with E-state index in [0.29, 0.717) is 19.0 Å². The van der Waals surface area contributed by atoms with Crippen LogP contribution in [0.15, 0.2) is 18.3 Å². The highest BCUT2D eigenvalue weighted by Crippen LogP contribution is 2.24. The van der Waals surface area contributed by atoms with Gasteiger partial charge < -0.3 is 25.2 Å². The Morgan fingerprint density at radius 2 is 1.96 bits per heavy atom. The molecule has 2 fully saturated rings. The van der Waals surface area contributed by atoms with Crippen LogP contribution in [0.25, 0.3) is 0 Å². The lowest BCUT2D eigenvalue weighted by molar-refractivity contribution is 0.152. The number of urea groups is 1. The Bertz CT molecular complexity index is 598. The van der Waals surface area contributed by atoms with Crippen molar-refractivity contribution >= 4 is 6.03 Å². The van der Waals surface area contributed by atoms with Gasteiger partial charge in [-0.25, -0.2) is 9.78 Å². The molecule has 3 rings (SSSR count). The minimum Gasteiger partial charge on any atom is -0.474 e. The summed E-state index contributed by atoms with van der Waals surface area (Å²) in [5.41, 5.74) is 0.930. The number of piperazine rings is 1. The number of aromatic nitrogens is 1. The number of carbonyl (C=O) groups is 1. The molecule has 0 atom stereocenters. The standard InChI is InChI=1S/C21H35N5O2/c1-25-13-15-26(16-14-25)12-5-4-10-23-21(27)24-17-18-7-6-11-22-20(18)28-19-8-2-3-9-19/h6-7,11,19H,2-5,8-10,12-17H2,1H3,(H2,23,24,27). The minimum absolute atomic E-state index is 0.129. The molecule has 0 radical (unpaired) electrons. The van der Waals surface area contributed by atoms with Crippen molar-refractivity contribution in [2.45, 2.75) is 51.2 Å². The van der Waals surface area contributed by atoms with Crippen LogP contribution < -0.4 is 15.4 Å². The van der Waals surface area contributed by atoms with Crippen LogP contribution >= 0.6 is 0 Å². The molecule has 0 spiro atoms. The van der Waals surface area contributed by atoms with Crippen molar-refractivity contribution in [2.75, 3.05) is 46.3 Å². The van der Waals surface area contributed by atoms with E-state index in [0.717, 1.165) is 64.0 Å². The molecule has 7 heteroatoms. The average Bonchev–Trinajstić information content (AvgIpc) is 3.21. The Morgan fingerprint density at radius 3 is 2.75 bits per heavy atom. The van der Waals surface area contributed by atoms with Crippen LogP contribution in [0, 0.1) is 0 Å². The number of hydrogen-bond acceptors (Lipinski definition) is 5. The topological polar surface area (TPSA) is 69.7 Å². The molecular weight excluding hydrogens is 354 g/mol. The van der Waals surface area contributed by atoms with Gasteiger partial charge in [-0.3, -0.25) is 0 Å². The third kappa shape index (κ3) is 6.95. The molecule has 1 aliphatic heterocycles. The first-order valence-corrected chi connectivity index (χ1v) is 10.7. The van der Waals surface area contributed by atoms with Gasteiger partial charge in [0.1, 0.15) is 6.10 Å². The SMILES string of the molecule is CN1CCN(CCCCNC(=O)NCc2cccnc2OC2CCCC2)CC1. The van der Waals surface area contributed by atoms with Crippen molar-refractivity contribution in [2.24, 2.45) is 0 Å². The molecule has 1 saturated heterocycles. The zero-order valence-corrected chi connectivity index (χ0v) is 17.2. The highest BCUT2D eigenvalue weighted by atomic mass is 16.5. The van der Waals surface area contributed by atoms with E-state index >= 15 is 0 Å². The maximum Gasteiger partial charge on any atom is 0.315 e. The molecule has 156 valence electrons. The normalized spacial score (nSPS) is 18.9. The first kappa shape index (κ1) is 20.9. The number of rotatable bonds is 9. The van der Waals surface area contributed by atoms with Crippen molar-refractivity contribution in [3.63, 3.8) is 0 Å². The van der Waals surface area contributed by atoms with E-state index in [9.17, 15) is 4.79 Å². The summed E-state index contributed by atoms with van der Waals surface area (Å²) in [6, 6.07) is 3.72. The number of nitrogens with zero attached hydrogens (tertiary/aromatic N) is 3. The number of amides is 2. The summed E-state index contributed by atoms with van der Waals surface area (Å²) < 4.78 is 6.03. The minimum atomic E-state index is -0.129. The molecule has 28 heavy (non-hydrogen) atoms. The molecule has 1 saturated carbocycles. The van der Waals surface area contributed by atoms with Crippen LogP contribution in [0.4, 0.5) is 4.79 Å². The second kappa shape index (κ2) is 11.2. The second-order valence-electron chi connectivity index (χ2n) is 7.95. The fourth-order valence-electron chi connectivity index (χ4n) is 3.80. The van der Waals surface area contributed by atoms with E-state index in [1.165, 1.54) is 12.8 Å². The van der Waals surface area contributed by atoms with E-state index in [-0.39, 0.29) is 12.1 Å². The summed E-state index contributed by atoms with van der Waals surface area (Å²) in [5, 5.41) is 5.88. The highest BCUT2D eigenvalue weighted by molar-refractivity contribution is 5.73. The van der Waals surface area contributed by atoms with Crippen molar-refractivity contribution in [1.82, 2.24) is 25.4 Å². The second-order valence-corrected chi connectivity index (χ2v) is 7.95. The van der Waals surface area contributed by atoms with Crippen molar-refractivity contribution in [3.8, 4) is 5.88 Å². The Labute approximate surface area is 168 Å². The predicted molar refractivity (Wildman–Crippen MR) is 111 cm³/mol. The van der Waals surface area contributed by atoms with Gasteiger partial charge >= 0.3 is 6.03 Å². The first-order chi connectivity index (χ1) is 13.7. The number of pyridine rings is 1. The zero-order chi connectivity index (χ0) is 19.6. The number of unbranched alkanes of at least 4 members (excludes halogenated alkanes) is 1. The Kier molecular flexibility index (Phi) is 8.36. The van der Waals surface area contributed by atoms with E-state index in [2.05, 4.69) is 32.5 Å². The monoisotopic (exact) mass is 389 g/mol. The van der Waals surface area contributed by atoms with Gasteiger partial charge in [-0.05, 0) is 58.2 Å². The lowest BCUT2D eigenvalue weighted by Crippen LogP contribution is -2.44. The first-order valence-electron chi connectivity index (χ1n) is 10.7. The number of nitrogens with one attached hydrogen (secondary N) is 2. The maximum absolute atomic E-state index is 12.1. The van der Waals surface area contributed by atoms with Crippen LogP contribution in [0.1, 0.15) is 44.1 Å². The fourth-order valence-corrected chi connectivity index (χ4v) is 3.80.